The highest BCUT2D eigenvalue weighted by Gasteiger charge is 2.21. The SMILES string of the molecule is COC1CCCN(Cc2cccc3c2CCCN3)C1. The molecule has 1 unspecified atom stereocenters. The molecule has 3 heteroatoms. The summed E-state index contributed by atoms with van der Waals surface area (Å²) in [5, 5.41) is 3.52. The maximum atomic E-state index is 5.52. The Balaban J connectivity index is 1.72. The molecule has 2 aliphatic rings. The average molecular weight is 260 g/mol. The lowest BCUT2D eigenvalue weighted by Gasteiger charge is -2.33. The standard InChI is InChI=1S/C16H24N2O/c1-19-14-6-4-10-18(12-14)11-13-5-2-8-16-15(13)7-3-9-17-16/h2,5,8,14,17H,3-4,6-7,9-12H2,1H3. The number of piperidine rings is 1. The average Bonchev–Trinajstić information content (AvgIpc) is 2.48. The molecule has 0 aromatic heterocycles. The summed E-state index contributed by atoms with van der Waals surface area (Å²) in [5.41, 5.74) is 4.39. The molecule has 3 nitrogen and oxygen atoms in total. The molecule has 0 radical (unpaired) electrons. The van der Waals surface area contributed by atoms with Crippen LogP contribution in [0.15, 0.2) is 18.2 Å². The van der Waals surface area contributed by atoms with Gasteiger partial charge in [0.25, 0.3) is 0 Å². The molecule has 0 spiro atoms. The van der Waals surface area contributed by atoms with E-state index in [2.05, 4.69) is 28.4 Å². The summed E-state index contributed by atoms with van der Waals surface area (Å²) in [6.45, 7) is 4.47. The highest BCUT2D eigenvalue weighted by Crippen LogP contribution is 2.27. The summed E-state index contributed by atoms with van der Waals surface area (Å²) in [5.74, 6) is 0. The molecule has 1 aromatic rings. The smallest absolute Gasteiger partial charge is 0.0698 e. The maximum Gasteiger partial charge on any atom is 0.0698 e. The topological polar surface area (TPSA) is 24.5 Å². The van der Waals surface area contributed by atoms with Gasteiger partial charge in [-0.2, -0.15) is 0 Å². The molecule has 1 fully saturated rings. The monoisotopic (exact) mass is 260 g/mol. The Morgan fingerprint density at radius 2 is 2.32 bits per heavy atom. The largest absolute Gasteiger partial charge is 0.385 e. The zero-order valence-electron chi connectivity index (χ0n) is 11.8. The minimum Gasteiger partial charge on any atom is -0.385 e. The van der Waals surface area contributed by atoms with Crippen LogP contribution >= 0.6 is 0 Å². The number of nitrogens with zero attached hydrogens (tertiary/aromatic N) is 1. The third kappa shape index (κ3) is 2.93. The van der Waals surface area contributed by atoms with Gasteiger partial charge in [-0.3, -0.25) is 4.90 Å². The lowest BCUT2D eigenvalue weighted by atomic mass is 9.96. The maximum absolute atomic E-state index is 5.52. The fourth-order valence-corrected chi connectivity index (χ4v) is 3.32. The van der Waals surface area contributed by atoms with Crippen LogP contribution in [-0.2, 0) is 17.7 Å². The molecule has 104 valence electrons. The molecule has 0 amide bonds. The van der Waals surface area contributed by atoms with Gasteiger partial charge in [-0.1, -0.05) is 12.1 Å². The molecule has 0 saturated carbocycles. The molecule has 1 aromatic carbocycles. The van der Waals surface area contributed by atoms with Crippen molar-refractivity contribution >= 4 is 5.69 Å². The number of hydrogen-bond acceptors (Lipinski definition) is 3. The van der Waals surface area contributed by atoms with E-state index in [1.165, 1.54) is 49.0 Å². The van der Waals surface area contributed by atoms with E-state index in [1.807, 2.05) is 7.11 Å². The van der Waals surface area contributed by atoms with Crippen molar-refractivity contribution in [3.8, 4) is 0 Å². The summed E-state index contributed by atoms with van der Waals surface area (Å²) >= 11 is 0. The van der Waals surface area contributed by atoms with Gasteiger partial charge in [0.1, 0.15) is 0 Å². The van der Waals surface area contributed by atoms with Crippen LogP contribution in [0, 0.1) is 0 Å². The third-order valence-corrected chi connectivity index (χ3v) is 4.38. The molecule has 19 heavy (non-hydrogen) atoms. The molecular weight excluding hydrogens is 236 g/mol. The molecule has 2 heterocycles. The van der Waals surface area contributed by atoms with Crippen LogP contribution in [0.4, 0.5) is 5.69 Å². The van der Waals surface area contributed by atoms with Crippen LogP contribution in [0.1, 0.15) is 30.4 Å². The van der Waals surface area contributed by atoms with Gasteiger partial charge in [-0.05, 0) is 49.4 Å². The predicted octanol–water partition coefficient (Wildman–Crippen LogP) is 2.66. The number of fused-ring (bicyclic) bond motifs is 1. The normalized spacial score (nSPS) is 23.7. The van der Waals surface area contributed by atoms with Gasteiger partial charge in [0.15, 0.2) is 0 Å². The van der Waals surface area contributed by atoms with Crippen LogP contribution in [0.25, 0.3) is 0 Å². The molecular formula is C16H24N2O. The Hall–Kier alpha value is -1.06. The second-order valence-corrected chi connectivity index (χ2v) is 5.71. The van der Waals surface area contributed by atoms with Crippen LogP contribution in [0.2, 0.25) is 0 Å². The Labute approximate surface area is 115 Å². The number of ether oxygens (including phenoxy) is 1. The van der Waals surface area contributed by atoms with E-state index in [9.17, 15) is 0 Å². The van der Waals surface area contributed by atoms with E-state index in [-0.39, 0.29) is 0 Å². The number of likely N-dealkylation sites (tertiary alicyclic amines) is 1. The third-order valence-electron chi connectivity index (χ3n) is 4.38. The van der Waals surface area contributed by atoms with Crippen LogP contribution in [0.5, 0.6) is 0 Å². The van der Waals surface area contributed by atoms with Crippen LogP contribution in [-0.4, -0.2) is 37.7 Å². The highest BCUT2D eigenvalue weighted by molar-refractivity contribution is 5.56. The first-order valence-electron chi connectivity index (χ1n) is 7.46. The molecule has 3 rings (SSSR count). The summed E-state index contributed by atoms with van der Waals surface area (Å²) in [6, 6.07) is 6.69. The predicted molar refractivity (Wildman–Crippen MR) is 78.6 cm³/mol. The van der Waals surface area contributed by atoms with Crippen molar-refractivity contribution in [3.05, 3.63) is 29.3 Å². The first-order valence-corrected chi connectivity index (χ1v) is 7.46. The van der Waals surface area contributed by atoms with Crippen molar-refractivity contribution in [2.75, 3.05) is 32.1 Å². The summed E-state index contributed by atoms with van der Waals surface area (Å²) in [6.07, 6.45) is 5.37. The number of anilines is 1. The summed E-state index contributed by atoms with van der Waals surface area (Å²) in [4.78, 5) is 2.54. The van der Waals surface area contributed by atoms with Crippen LogP contribution in [0.3, 0.4) is 0 Å². The first kappa shape index (κ1) is 12.9. The minimum absolute atomic E-state index is 0.423. The molecule has 1 N–H and O–H groups in total. The van der Waals surface area contributed by atoms with Gasteiger partial charge in [0.2, 0.25) is 0 Å². The Bertz CT molecular complexity index is 433. The van der Waals surface area contributed by atoms with Gasteiger partial charge in [0.05, 0.1) is 6.10 Å². The lowest BCUT2D eigenvalue weighted by molar-refractivity contribution is 0.0285. The van der Waals surface area contributed by atoms with Crippen molar-refractivity contribution < 1.29 is 4.74 Å². The zero-order chi connectivity index (χ0) is 13.1. The van der Waals surface area contributed by atoms with E-state index in [0.29, 0.717) is 6.10 Å². The van der Waals surface area contributed by atoms with Gasteiger partial charge in [-0.15, -0.1) is 0 Å². The lowest BCUT2D eigenvalue weighted by Crippen LogP contribution is -2.38. The molecule has 0 aliphatic carbocycles. The zero-order valence-corrected chi connectivity index (χ0v) is 11.8. The van der Waals surface area contributed by atoms with Crippen molar-refractivity contribution in [1.82, 2.24) is 4.90 Å². The van der Waals surface area contributed by atoms with Gasteiger partial charge in [-0.25, -0.2) is 0 Å². The number of nitrogens with one attached hydrogen (secondary N) is 1. The van der Waals surface area contributed by atoms with E-state index in [4.69, 9.17) is 4.74 Å². The van der Waals surface area contributed by atoms with Crippen molar-refractivity contribution in [3.63, 3.8) is 0 Å². The molecule has 1 atom stereocenters. The second kappa shape index (κ2) is 5.93. The van der Waals surface area contributed by atoms with E-state index < -0.39 is 0 Å². The molecule has 1 saturated heterocycles. The Kier molecular flexibility index (Phi) is 4.04. The fourth-order valence-electron chi connectivity index (χ4n) is 3.32. The van der Waals surface area contributed by atoms with E-state index >= 15 is 0 Å². The quantitative estimate of drug-likeness (QED) is 0.904. The number of methoxy groups -OCH3 is 1. The van der Waals surface area contributed by atoms with Gasteiger partial charge >= 0.3 is 0 Å². The molecule has 0 bridgehead atoms. The van der Waals surface area contributed by atoms with Gasteiger partial charge in [0, 0.05) is 32.4 Å². The highest BCUT2D eigenvalue weighted by atomic mass is 16.5. The minimum atomic E-state index is 0.423. The number of hydrogen-bond donors (Lipinski definition) is 1. The number of benzene rings is 1. The fraction of sp³-hybridized carbons (Fsp3) is 0.625. The second-order valence-electron chi connectivity index (χ2n) is 5.71. The van der Waals surface area contributed by atoms with Crippen molar-refractivity contribution in [1.29, 1.82) is 0 Å². The summed E-state index contributed by atoms with van der Waals surface area (Å²) < 4.78 is 5.52. The van der Waals surface area contributed by atoms with Crippen molar-refractivity contribution in [2.24, 2.45) is 0 Å². The van der Waals surface area contributed by atoms with Crippen molar-refractivity contribution in [2.45, 2.75) is 38.3 Å². The first-order chi connectivity index (χ1) is 9.36. The number of rotatable bonds is 3. The van der Waals surface area contributed by atoms with E-state index in [0.717, 1.165) is 19.6 Å². The summed E-state index contributed by atoms with van der Waals surface area (Å²) in [7, 11) is 1.84. The Morgan fingerprint density at radius 3 is 3.21 bits per heavy atom. The van der Waals surface area contributed by atoms with Crippen LogP contribution < -0.4 is 5.32 Å². The molecule has 2 aliphatic heterocycles. The Morgan fingerprint density at radius 1 is 1.37 bits per heavy atom. The van der Waals surface area contributed by atoms with Gasteiger partial charge < -0.3 is 10.1 Å². The van der Waals surface area contributed by atoms with E-state index in [1.54, 1.807) is 0 Å².